The Hall–Kier alpha value is -2.12. The van der Waals surface area contributed by atoms with E-state index in [0.29, 0.717) is 25.3 Å². The van der Waals surface area contributed by atoms with E-state index in [2.05, 4.69) is 24.1 Å². The Morgan fingerprint density at radius 1 is 1.35 bits per heavy atom. The number of likely N-dealkylation sites (tertiary alicyclic amines) is 1. The third kappa shape index (κ3) is 5.21. The summed E-state index contributed by atoms with van der Waals surface area (Å²) in [7, 11) is 0. The number of hydrogen-bond donors (Lipinski definition) is 4. The molecule has 7 heteroatoms. The van der Waals surface area contributed by atoms with Gasteiger partial charge in [-0.05, 0) is 75.4 Å². The van der Waals surface area contributed by atoms with Gasteiger partial charge in [0.2, 0.25) is 5.91 Å². The van der Waals surface area contributed by atoms with Gasteiger partial charge in [-0.15, -0.1) is 0 Å². The van der Waals surface area contributed by atoms with Gasteiger partial charge in [-0.3, -0.25) is 15.0 Å². The number of nitrogens with zero attached hydrogens (tertiary/aromatic N) is 1. The van der Waals surface area contributed by atoms with Gasteiger partial charge in [-0.2, -0.15) is 0 Å². The zero-order valence-corrected chi connectivity index (χ0v) is 19.6. The number of aryl methyl sites for hydroxylation is 1. The van der Waals surface area contributed by atoms with Crippen LogP contribution in [0.3, 0.4) is 0 Å². The lowest BCUT2D eigenvalue weighted by Crippen LogP contribution is -2.68. The lowest BCUT2D eigenvalue weighted by Gasteiger charge is -2.58. The number of primary amides is 1. The highest BCUT2D eigenvalue weighted by atomic mass is 16.3. The standard InChI is InChI=1S/C24H39N3O4/c1-6-10-24(31)18(5)27(12-9-16(2)3)13-11-23(24,15-21(29)26-22(25)30)20-14-19(28)8-7-17(20)4/h7-8,14,16,18,28,31H,6,9-13,15H2,1-5H3,(H3,25,26,29,30). The average molecular weight is 434 g/mol. The minimum absolute atomic E-state index is 0.0842. The first-order valence-electron chi connectivity index (χ1n) is 11.3. The highest BCUT2D eigenvalue weighted by Gasteiger charge is 2.59. The maximum absolute atomic E-state index is 12.8. The molecule has 1 aliphatic heterocycles. The second-order valence-corrected chi connectivity index (χ2v) is 9.49. The monoisotopic (exact) mass is 433 g/mol. The summed E-state index contributed by atoms with van der Waals surface area (Å²) in [4.78, 5) is 26.4. The summed E-state index contributed by atoms with van der Waals surface area (Å²) >= 11 is 0. The summed E-state index contributed by atoms with van der Waals surface area (Å²) in [5, 5.41) is 24.8. The number of carbonyl (C=O) groups is 2. The summed E-state index contributed by atoms with van der Waals surface area (Å²) in [5.41, 5.74) is 4.64. The van der Waals surface area contributed by atoms with Gasteiger partial charge in [-0.1, -0.05) is 33.3 Å². The molecule has 0 bridgehead atoms. The molecule has 1 saturated heterocycles. The molecule has 0 radical (unpaired) electrons. The molecule has 3 amide bonds. The van der Waals surface area contributed by atoms with E-state index >= 15 is 0 Å². The average Bonchev–Trinajstić information content (AvgIpc) is 2.66. The molecular formula is C24H39N3O4. The molecule has 0 spiro atoms. The zero-order valence-electron chi connectivity index (χ0n) is 19.6. The van der Waals surface area contributed by atoms with Crippen LogP contribution in [-0.2, 0) is 10.2 Å². The van der Waals surface area contributed by atoms with Crippen molar-refractivity contribution in [2.24, 2.45) is 11.7 Å². The summed E-state index contributed by atoms with van der Waals surface area (Å²) in [5.74, 6) is 0.115. The van der Waals surface area contributed by atoms with Crippen molar-refractivity contribution < 1.29 is 19.8 Å². The van der Waals surface area contributed by atoms with E-state index in [1.54, 1.807) is 18.2 Å². The number of nitrogens with two attached hydrogens (primary N) is 1. The van der Waals surface area contributed by atoms with Crippen molar-refractivity contribution in [3.63, 3.8) is 0 Å². The molecule has 3 unspecified atom stereocenters. The van der Waals surface area contributed by atoms with Crippen molar-refractivity contribution in [2.45, 2.75) is 83.8 Å². The summed E-state index contributed by atoms with van der Waals surface area (Å²) < 4.78 is 0. The number of nitrogens with one attached hydrogen (secondary N) is 1. The molecule has 0 aliphatic carbocycles. The molecule has 0 aromatic heterocycles. The number of amides is 3. The molecule has 2 rings (SSSR count). The lowest BCUT2D eigenvalue weighted by atomic mass is 9.56. The lowest BCUT2D eigenvalue weighted by molar-refractivity contribution is -0.151. The molecule has 1 aromatic carbocycles. The van der Waals surface area contributed by atoms with Crippen molar-refractivity contribution in [2.75, 3.05) is 13.1 Å². The number of hydrogen-bond acceptors (Lipinski definition) is 5. The number of phenols is 1. The number of benzene rings is 1. The number of urea groups is 1. The van der Waals surface area contributed by atoms with Gasteiger partial charge in [0.05, 0.1) is 5.60 Å². The molecule has 5 N–H and O–H groups in total. The van der Waals surface area contributed by atoms with Gasteiger partial charge in [0, 0.05) is 17.9 Å². The Labute approximate surface area is 186 Å². The number of carbonyl (C=O) groups excluding carboxylic acids is 2. The summed E-state index contributed by atoms with van der Waals surface area (Å²) in [6, 6.07) is 3.96. The summed E-state index contributed by atoms with van der Waals surface area (Å²) in [6.45, 7) is 11.9. The fourth-order valence-corrected chi connectivity index (χ4v) is 5.29. The van der Waals surface area contributed by atoms with E-state index in [1.165, 1.54) is 0 Å². The largest absolute Gasteiger partial charge is 0.508 e. The van der Waals surface area contributed by atoms with Gasteiger partial charge in [0.25, 0.3) is 0 Å². The number of phenolic OH excluding ortho intramolecular Hbond substituents is 1. The van der Waals surface area contributed by atoms with E-state index in [4.69, 9.17) is 5.73 Å². The predicted octanol–water partition coefficient (Wildman–Crippen LogP) is 3.19. The zero-order chi connectivity index (χ0) is 23.4. The van der Waals surface area contributed by atoms with Crippen molar-refractivity contribution in [3.8, 4) is 5.75 Å². The Kier molecular flexibility index (Phi) is 8.11. The van der Waals surface area contributed by atoms with E-state index in [0.717, 1.165) is 30.5 Å². The van der Waals surface area contributed by atoms with E-state index < -0.39 is 23.0 Å². The van der Waals surface area contributed by atoms with E-state index in [-0.39, 0.29) is 18.2 Å². The van der Waals surface area contributed by atoms with Crippen molar-refractivity contribution in [1.82, 2.24) is 10.2 Å². The number of aromatic hydroxyl groups is 1. The smallest absolute Gasteiger partial charge is 0.318 e. The molecule has 1 aliphatic rings. The van der Waals surface area contributed by atoms with Crippen LogP contribution in [0.5, 0.6) is 5.75 Å². The first-order valence-corrected chi connectivity index (χ1v) is 11.3. The Morgan fingerprint density at radius 3 is 2.61 bits per heavy atom. The number of rotatable bonds is 8. The normalized spacial score (nSPS) is 26.7. The van der Waals surface area contributed by atoms with Gasteiger partial charge in [0.1, 0.15) is 5.75 Å². The highest BCUT2D eigenvalue weighted by Crippen LogP contribution is 2.51. The molecule has 174 valence electrons. The quantitative estimate of drug-likeness (QED) is 0.502. The molecular weight excluding hydrogens is 394 g/mol. The molecule has 0 saturated carbocycles. The first-order chi connectivity index (χ1) is 14.5. The molecule has 31 heavy (non-hydrogen) atoms. The Bertz CT molecular complexity index is 797. The predicted molar refractivity (Wildman–Crippen MR) is 122 cm³/mol. The van der Waals surface area contributed by atoms with E-state index in [1.807, 2.05) is 20.8 Å². The van der Waals surface area contributed by atoms with Crippen LogP contribution in [-0.4, -0.2) is 51.8 Å². The summed E-state index contributed by atoms with van der Waals surface area (Å²) in [6.07, 6.45) is 2.69. The van der Waals surface area contributed by atoms with Crippen molar-refractivity contribution in [1.29, 1.82) is 0 Å². The van der Waals surface area contributed by atoms with Crippen LogP contribution in [0.15, 0.2) is 18.2 Å². The molecule has 1 heterocycles. The van der Waals surface area contributed by atoms with Gasteiger partial charge in [-0.25, -0.2) is 4.79 Å². The minimum Gasteiger partial charge on any atom is -0.508 e. The number of aliphatic hydroxyl groups is 1. The van der Waals surface area contributed by atoms with Crippen LogP contribution < -0.4 is 11.1 Å². The van der Waals surface area contributed by atoms with Crippen LogP contribution in [0, 0.1) is 12.8 Å². The van der Waals surface area contributed by atoms with Crippen LogP contribution >= 0.6 is 0 Å². The molecule has 1 aromatic rings. The first kappa shape index (κ1) is 25.1. The topological polar surface area (TPSA) is 116 Å². The van der Waals surface area contributed by atoms with Crippen molar-refractivity contribution >= 4 is 11.9 Å². The van der Waals surface area contributed by atoms with Gasteiger partial charge < -0.3 is 15.9 Å². The third-order valence-corrected chi connectivity index (χ3v) is 6.98. The van der Waals surface area contributed by atoms with Crippen molar-refractivity contribution in [3.05, 3.63) is 29.3 Å². The molecule has 7 nitrogen and oxygen atoms in total. The van der Waals surface area contributed by atoms with Crippen LogP contribution in [0.1, 0.15) is 70.9 Å². The highest BCUT2D eigenvalue weighted by molar-refractivity contribution is 5.94. The second kappa shape index (κ2) is 10.0. The number of piperidine rings is 1. The third-order valence-electron chi connectivity index (χ3n) is 6.98. The SMILES string of the molecule is CCCC1(O)C(C)N(CCC(C)C)CCC1(CC(=O)NC(N)=O)c1cc(O)ccc1C. The minimum atomic E-state index is -1.23. The maximum Gasteiger partial charge on any atom is 0.318 e. The molecule has 3 atom stereocenters. The van der Waals surface area contributed by atoms with Crippen LogP contribution in [0.25, 0.3) is 0 Å². The van der Waals surface area contributed by atoms with Crippen LogP contribution in [0.4, 0.5) is 4.79 Å². The van der Waals surface area contributed by atoms with Gasteiger partial charge in [0.15, 0.2) is 0 Å². The Balaban J connectivity index is 2.62. The molecule has 1 fully saturated rings. The number of imide groups is 1. The van der Waals surface area contributed by atoms with Crippen LogP contribution in [0.2, 0.25) is 0 Å². The van der Waals surface area contributed by atoms with E-state index in [9.17, 15) is 19.8 Å². The fourth-order valence-electron chi connectivity index (χ4n) is 5.29. The van der Waals surface area contributed by atoms with Gasteiger partial charge >= 0.3 is 6.03 Å². The second-order valence-electron chi connectivity index (χ2n) is 9.49. The maximum atomic E-state index is 12.8. The fraction of sp³-hybridized carbons (Fsp3) is 0.667. The Morgan fingerprint density at radius 2 is 2.03 bits per heavy atom.